The van der Waals surface area contributed by atoms with Crippen molar-refractivity contribution in [3.8, 4) is 0 Å². The van der Waals surface area contributed by atoms with E-state index in [0.717, 1.165) is 12.1 Å². The largest absolute Gasteiger partial charge is 0.304 e. The van der Waals surface area contributed by atoms with Crippen LogP contribution >= 0.6 is 0 Å². The molecule has 20 heavy (non-hydrogen) atoms. The van der Waals surface area contributed by atoms with E-state index < -0.39 is 31.3 Å². The van der Waals surface area contributed by atoms with Crippen LogP contribution in [0.1, 0.15) is 0 Å². The number of nitro benzene ring substituents is 1. The lowest BCUT2D eigenvalue weighted by Gasteiger charge is -2.05. The number of benzene rings is 1. The first-order chi connectivity index (χ1) is 9.29. The Bertz CT molecular complexity index is 771. The Balaban J connectivity index is 2.35. The number of rotatable bonds is 4. The lowest BCUT2D eigenvalue weighted by Crippen LogP contribution is -2.13. The van der Waals surface area contributed by atoms with Gasteiger partial charge in [0.15, 0.2) is 0 Å². The molecule has 1 aromatic carbocycles. The minimum absolute atomic E-state index is 0.200. The number of nitro groups is 1. The van der Waals surface area contributed by atoms with E-state index in [0.29, 0.717) is 6.07 Å². The Morgan fingerprint density at radius 2 is 2.15 bits per heavy atom. The maximum absolute atomic E-state index is 13.4. The molecule has 0 unspecified atom stereocenters. The van der Waals surface area contributed by atoms with E-state index in [2.05, 4.69) is 9.82 Å². The summed E-state index contributed by atoms with van der Waals surface area (Å²) >= 11 is 0. The van der Waals surface area contributed by atoms with Gasteiger partial charge in [-0.15, -0.1) is 0 Å². The molecule has 10 heteroatoms. The Labute approximate surface area is 113 Å². The maximum Gasteiger partial charge on any atom is 0.304 e. The summed E-state index contributed by atoms with van der Waals surface area (Å²) in [6.07, 6.45) is 2.69. The van der Waals surface area contributed by atoms with Crippen molar-refractivity contribution in [2.45, 2.75) is 4.90 Å². The molecule has 0 bridgehead atoms. The van der Waals surface area contributed by atoms with Crippen LogP contribution in [0.3, 0.4) is 0 Å². The minimum Gasteiger partial charge on any atom is -0.276 e. The summed E-state index contributed by atoms with van der Waals surface area (Å²) in [7, 11) is -2.43. The number of aromatic nitrogens is 2. The van der Waals surface area contributed by atoms with Gasteiger partial charge in [0, 0.05) is 25.4 Å². The zero-order chi connectivity index (χ0) is 14.9. The third kappa shape index (κ3) is 2.74. The second kappa shape index (κ2) is 4.89. The van der Waals surface area contributed by atoms with Crippen molar-refractivity contribution >= 4 is 21.4 Å². The van der Waals surface area contributed by atoms with Gasteiger partial charge in [-0.2, -0.15) is 9.49 Å². The third-order valence-electron chi connectivity index (χ3n) is 2.38. The molecule has 106 valence electrons. The molecule has 0 saturated heterocycles. The molecule has 2 aromatic rings. The predicted molar refractivity (Wildman–Crippen MR) is 67.1 cm³/mol. The highest BCUT2D eigenvalue weighted by Crippen LogP contribution is 2.22. The number of nitrogens with zero attached hydrogens (tertiary/aromatic N) is 3. The quantitative estimate of drug-likeness (QED) is 0.675. The zero-order valence-corrected chi connectivity index (χ0v) is 11.0. The second-order valence-electron chi connectivity index (χ2n) is 3.88. The number of halogens is 1. The molecule has 1 heterocycles. The van der Waals surface area contributed by atoms with Gasteiger partial charge in [-0.05, 0) is 6.07 Å². The molecule has 8 nitrogen and oxygen atoms in total. The number of sulfonamides is 1. The lowest BCUT2D eigenvalue weighted by atomic mass is 10.3. The fourth-order valence-corrected chi connectivity index (χ4v) is 2.53. The average Bonchev–Trinajstić information content (AvgIpc) is 2.73. The summed E-state index contributed by atoms with van der Waals surface area (Å²) in [5.41, 5.74) is -0.586. The van der Waals surface area contributed by atoms with Crippen molar-refractivity contribution in [1.82, 2.24) is 9.78 Å². The fourth-order valence-electron chi connectivity index (χ4n) is 1.49. The highest BCUT2D eigenvalue weighted by molar-refractivity contribution is 7.92. The van der Waals surface area contributed by atoms with E-state index in [4.69, 9.17) is 0 Å². The Morgan fingerprint density at radius 1 is 1.45 bits per heavy atom. The fraction of sp³-hybridized carbons (Fsp3) is 0.100. The van der Waals surface area contributed by atoms with Gasteiger partial charge in [0.1, 0.15) is 0 Å². The highest BCUT2D eigenvalue weighted by atomic mass is 32.2. The van der Waals surface area contributed by atoms with Gasteiger partial charge < -0.3 is 0 Å². The minimum atomic E-state index is -4.03. The standard InChI is InChI=1S/C10H9FN4O4S/c1-14-6-7(5-12-14)13-20(18,19)8-2-3-10(15(16)17)9(11)4-8/h2-6,13H,1H3. The highest BCUT2D eigenvalue weighted by Gasteiger charge is 2.21. The van der Waals surface area contributed by atoms with Crippen molar-refractivity contribution < 1.29 is 17.7 Å². The van der Waals surface area contributed by atoms with E-state index in [1.54, 1.807) is 7.05 Å². The summed E-state index contributed by atoms with van der Waals surface area (Å²) in [6.45, 7) is 0. The van der Waals surface area contributed by atoms with Gasteiger partial charge in [-0.3, -0.25) is 19.5 Å². The molecule has 0 aliphatic rings. The molecule has 0 aliphatic heterocycles. The first-order valence-corrected chi connectivity index (χ1v) is 6.73. The van der Waals surface area contributed by atoms with Crippen LogP contribution in [-0.2, 0) is 17.1 Å². The molecule has 1 aromatic heterocycles. The second-order valence-corrected chi connectivity index (χ2v) is 5.56. The van der Waals surface area contributed by atoms with Crippen molar-refractivity contribution in [2.75, 3.05) is 4.72 Å². The predicted octanol–water partition coefficient (Wildman–Crippen LogP) is 1.27. The third-order valence-corrected chi connectivity index (χ3v) is 3.76. The van der Waals surface area contributed by atoms with Crippen LogP contribution in [0.2, 0.25) is 0 Å². The molecule has 0 fully saturated rings. The molecule has 2 rings (SSSR count). The molecular formula is C10H9FN4O4S. The molecule has 1 N–H and O–H groups in total. The van der Waals surface area contributed by atoms with Crippen LogP contribution in [0, 0.1) is 15.9 Å². The Kier molecular flexibility index (Phi) is 3.40. The van der Waals surface area contributed by atoms with Gasteiger partial charge in [0.05, 0.1) is 21.7 Å². The molecular weight excluding hydrogens is 291 g/mol. The van der Waals surface area contributed by atoms with Crippen molar-refractivity contribution in [3.63, 3.8) is 0 Å². The number of hydrogen-bond donors (Lipinski definition) is 1. The van der Waals surface area contributed by atoms with Crippen molar-refractivity contribution in [2.24, 2.45) is 7.05 Å². The first-order valence-electron chi connectivity index (χ1n) is 5.25. The van der Waals surface area contributed by atoms with E-state index in [1.165, 1.54) is 17.1 Å². The van der Waals surface area contributed by atoms with E-state index in [1.807, 2.05) is 0 Å². The van der Waals surface area contributed by atoms with Crippen molar-refractivity contribution in [3.05, 3.63) is 46.5 Å². The van der Waals surface area contributed by atoms with Crippen LogP contribution in [0.5, 0.6) is 0 Å². The van der Waals surface area contributed by atoms with Gasteiger partial charge in [0.25, 0.3) is 10.0 Å². The molecule has 0 spiro atoms. The summed E-state index contributed by atoms with van der Waals surface area (Å²) in [4.78, 5) is 9.12. The number of nitrogens with one attached hydrogen (secondary N) is 1. The molecule has 0 amide bonds. The van der Waals surface area contributed by atoms with E-state index in [-0.39, 0.29) is 5.69 Å². The number of anilines is 1. The lowest BCUT2D eigenvalue weighted by molar-refractivity contribution is -0.387. The van der Waals surface area contributed by atoms with Gasteiger partial charge in [-0.1, -0.05) is 0 Å². The number of hydrogen-bond acceptors (Lipinski definition) is 5. The number of aryl methyl sites for hydroxylation is 1. The van der Waals surface area contributed by atoms with E-state index >= 15 is 0 Å². The molecule has 0 saturated carbocycles. The summed E-state index contributed by atoms with van der Waals surface area (Å²) in [5, 5.41) is 14.2. The SMILES string of the molecule is Cn1cc(NS(=O)(=O)c2ccc([N+](=O)[O-])c(F)c2)cn1. The molecule has 0 aliphatic carbocycles. The Hall–Kier alpha value is -2.49. The maximum atomic E-state index is 13.4. The first kappa shape index (κ1) is 13.9. The molecule has 0 radical (unpaired) electrons. The normalized spacial score (nSPS) is 11.3. The van der Waals surface area contributed by atoms with Crippen LogP contribution in [-0.4, -0.2) is 23.1 Å². The zero-order valence-electron chi connectivity index (χ0n) is 10.1. The monoisotopic (exact) mass is 300 g/mol. The van der Waals surface area contributed by atoms with Crippen molar-refractivity contribution in [1.29, 1.82) is 0 Å². The summed E-state index contributed by atoms with van der Waals surface area (Å²) in [6, 6.07) is 2.35. The smallest absolute Gasteiger partial charge is 0.276 e. The van der Waals surface area contributed by atoms with Crippen LogP contribution in [0.15, 0.2) is 35.5 Å². The van der Waals surface area contributed by atoms with Crippen LogP contribution in [0.4, 0.5) is 15.8 Å². The van der Waals surface area contributed by atoms with Crippen LogP contribution < -0.4 is 4.72 Å². The molecule has 0 atom stereocenters. The summed E-state index contributed by atoms with van der Waals surface area (Å²) < 4.78 is 40.9. The van der Waals surface area contributed by atoms with Gasteiger partial charge >= 0.3 is 5.69 Å². The Morgan fingerprint density at radius 3 is 2.65 bits per heavy atom. The average molecular weight is 300 g/mol. The van der Waals surface area contributed by atoms with Gasteiger partial charge in [0.2, 0.25) is 5.82 Å². The van der Waals surface area contributed by atoms with Gasteiger partial charge in [-0.25, -0.2) is 8.42 Å². The topological polar surface area (TPSA) is 107 Å². The van der Waals surface area contributed by atoms with Crippen LogP contribution in [0.25, 0.3) is 0 Å². The van der Waals surface area contributed by atoms with E-state index in [9.17, 15) is 22.9 Å². The summed E-state index contributed by atoms with van der Waals surface area (Å²) in [5.74, 6) is -1.22.